The zero-order valence-electron chi connectivity index (χ0n) is 26.7. The largest absolute Gasteiger partial charge is 0.481 e. The Morgan fingerprint density at radius 3 is 2.02 bits per heavy atom. The summed E-state index contributed by atoms with van der Waals surface area (Å²) in [6.07, 6.45) is 7.74. The third kappa shape index (κ3) is 4.17. The van der Waals surface area contributed by atoms with Crippen LogP contribution in [0.15, 0.2) is 12.2 Å². The van der Waals surface area contributed by atoms with Crippen LogP contribution in [-0.2, 0) is 23.9 Å². The van der Waals surface area contributed by atoms with E-state index in [4.69, 9.17) is 9.47 Å². The molecule has 2 spiro atoms. The van der Waals surface area contributed by atoms with E-state index in [-0.39, 0.29) is 22.2 Å². The van der Waals surface area contributed by atoms with Crippen LogP contribution in [0.25, 0.3) is 0 Å². The zero-order valence-corrected chi connectivity index (χ0v) is 26.7. The molecule has 0 aliphatic heterocycles. The number of allylic oxidation sites excluding steroid dienone is 1. The molecule has 236 valence electrons. The van der Waals surface area contributed by atoms with Gasteiger partial charge in [0.05, 0.1) is 17.1 Å². The second-order valence-corrected chi connectivity index (χ2v) is 16.0. The topological polar surface area (TPSA) is 130 Å². The van der Waals surface area contributed by atoms with Crippen molar-refractivity contribution in [3.05, 3.63) is 12.2 Å². The van der Waals surface area contributed by atoms with Crippen LogP contribution >= 0.6 is 0 Å². The van der Waals surface area contributed by atoms with Crippen LogP contribution in [0, 0.1) is 50.7 Å². The fourth-order valence-electron chi connectivity index (χ4n) is 11.7. The Kier molecular flexibility index (Phi) is 7.34. The molecule has 8 nitrogen and oxygen atoms in total. The molecule has 8 heteroatoms. The lowest BCUT2D eigenvalue weighted by Crippen LogP contribution is -2.69. The average Bonchev–Trinajstić information content (AvgIpc) is 3.40. The van der Waals surface area contributed by atoms with Crippen molar-refractivity contribution in [1.82, 2.24) is 0 Å². The van der Waals surface area contributed by atoms with Crippen LogP contribution < -0.4 is 0 Å². The number of fused-ring (bicyclic) bond motifs is 2. The van der Waals surface area contributed by atoms with Crippen molar-refractivity contribution >= 4 is 17.9 Å². The molecule has 3 N–H and O–H groups in total. The normalized spacial score (nSPS) is 48.3. The molecule has 12 atom stereocenters. The quantitative estimate of drug-likeness (QED) is 0.270. The minimum absolute atomic E-state index is 0.0645. The molecular weight excluding hydrogens is 536 g/mol. The lowest BCUT2D eigenvalue weighted by atomic mass is 9.40. The maximum atomic E-state index is 13.0. The van der Waals surface area contributed by atoms with Crippen LogP contribution in [0.5, 0.6) is 0 Å². The Labute approximate surface area is 250 Å². The third-order valence-corrected chi connectivity index (χ3v) is 13.5. The molecular formula is C34H52O8. The van der Waals surface area contributed by atoms with Gasteiger partial charge in [-0.25, -0.2) is 0 Å². The summed E-state index contributed by atoms with van der Waals surface area (Å²) in [6, 6.07) is 0. The van der Waals surface area contributed by atoms with Crippen molar-refractivity contribution in [3.8, 4) is 0 Å². The van der Waals surface area contributed by atoms with Crippen molar-refractivity contribution < 1.29 is 39.2 Å². The standard InChI is InChI=1S/C34H52O8/c1-19(10-9-13-29(4,5)40)22-11-14-31(7)26-24(41-20(2)35)25(42-21(3)36)27-32(8,28(38)39)23(37)12-15-33(27)18-34(26,33)17-16-30(22,31)6/h9,13,19,22-27,37,40H,10-12,14-18H2,1-8H3,(H,38,39)/b13-9+/t19-,22+,23-,24+,25-,26+,27-,30+,31-,32+,33-,34+/m0/s1. The van der Waals surface area contributed by atoms with Crippen LogP contribution in [0.2, 0.25) is 0 Å². The number of carbonyl (C=O) groups excluding carboxylic acids is 2. The number of carbonyl (C=O) groups is 3. The Balaban J connectivity index is 1.61. The van der Waals surface area contributed by atoms with Crippen molar-refractivity contribution in [2.24, 2.45) is 50.7 Å². The molecule has 0 saturated heterocycles. The Hall–Kier alpha value is -1.93. The van der Waals surface area contributed by atoms with Crippen molar-refractivity contribution in [2.75, 3.05) is 0 Å². The van der Waals surface area contributed by atoms with Gasteiger partial charge in [-0.05, 0) is 106 Å². The minimum Gasteiger partial charge on any atom is -0.481 e. The van der Waals surface area contributed by atoms with E-state index in [1.165, 1.54) is 13.8 Å². The Morgan fingerprint density at radius 2 is 1.48 bits per heavy atom. The molecule has 0 aromatic heterocycles. The van der Waals surface area contributed by atoms with Gasteiger partial charge in [0.1, 0.15) is 12.2 Å². The number of ether oxygens (including phenoxy) is 2. The first-order valence-corrected chi connectivity index (χ1v) is 16.0. The highest BCUT2D eigenvalue weighted by Crippen LogP contribution is 2.89. The second kappa shape index (κ2) is 9.79. The summed E-state index contributed by atoms with van der Waals surface area (Å²) in [5.41, 5.74) is -3.32. The first kappa shape index (κ1) is 31.5. The number of aliphatic hydroxyl groups excluding tert-OH is 1. The number of hydrogen-bond donors (Lipinski definition) is 3. The molecule has 42 heavy (non-hydrogen) atoms. The summed E-state index contributed by atoms with van der Waals surface area (Å²) in [5, 5.41) is 32.0. The summed E-state index contributed by atoms with van der Waals surface area (Å²) < 4.78 is 12.3. The van der Waals surface area contributed by atoms with Crippen molar-refractivity contribution in [3.63, 3.8) is 0 Å². The smallest absolute Gasteiger partial charge is 0.312 e. The van der Waals surface area contributed by atoms with Gasteiger partial charge in [0.15, 0.2) is 0 Å². The van der Waals surface area contributed by atoms with Gasteiger partial charge in [-0.3, -0.25) is 14.4 Å². The first-order valence-electron chi connectivity index (χ1n) is 16.0. The van der Waals surface area contributed by atoms with Crippen LogP contribution in [0.4, 0.5) is 0 Å². The molecule has 5 saturated carbocycles. The van der Waals surface area contributed by atoms with Crippen LogP contribution in [0.1, 0.15) is 107 Å². The predicted molar refractivity (Wildman–Crippen MR) is 156 cm³/mol. The van der Waals surface area contributed by atoms with Gasteiger partial charge >= 0.3 is 17.9 Å². The van der Waals surface area contributed by atoms with E-state index in [0.717, 1.165) is 38.5 Å². The number of esters is 2. The molecule has 0 heterocycles. The van der Waals surface area contributed by atoms with E-state index in [1.807, 2.05) is 6.08 Å². The highest BCUT2D eigenvalue weighted by Gasteiger charge is 2.88. The molecule has 0 aromatic carbocycles. The third-order valence-electron chi connectivity index (χ3n) is 13.5. The average molecular weight is 589 g/mol. The summed E-state index contributed by atoms with van der Waals surface area (Å²) in [7, 11) is 0. The predicted octanol–water partition coefficient (Wildman–Crippen LogP) is 5.29. The number of aliphatic hydroxyl groups is 2. The Morgan fingerprint density at radius 1 is 0.905 bits per heavy atom. The summed E-state index contributed by atoms with van der Waals surface area (Å²) in [5.74, 6) is -2.05. The summed E-state index contributed by atoms with van der Waals surface area (Å²) in [6.45, 7) is 14.9. The maximum Gasteiger partial charge on any atom is 0.312 e. The SMILES string of the molecule is CC(=O)O[C@@H]1[C@H](OC(C)=O)[C@H]2[C@](C)(C(=O)O)[C@@H](O)CC[C@]23C[C@@]32CC[C@]3(C)[C@@H]([C@@H](C)C/C=C/C(C)(C)O)CC[C@@]3(C)[C@@H]12. The van der Waals surface area contributed by atoms with Gasteiger partial charge in [0.2, 0.25) is 0 Å². The highest BCUT2D eigenvalue weighted by atomic mass is 16.6. The monoisotopic (exact) mass is 588 g/mol. The molecule has 0 bridgehead atoms. The molecule has 5 aliphatic rings. The summed E-state index contributed by atoms with van der Waals surface area (Å²) >= 11 is 0. The molecule has 0 amide bonds. The van der Waals surface area contributed by atoms with Crippen LogP contribution in [0.3, 0.4) is 0 Å². The highest BCUT2D eigenvalue weighted by molar-refractivity contribution is 5.77. The lowest BCUT2D eigenvalue weighted by molar-refractivity contribution is -0.259. The lowest BCUT2D eigenvalue weighted by Gasteiger charge is -2.65. The van der Waals surface area contributed by atoms with Crippen LogP contribution in [-0.4, -0.2) is 57.1 Å². The molecule has 5 aliphatic carbocycles. The van der Waals surface area contributed by atoms with E-state index in [0.29, 0.717) is 24.7 Å². The zero-order chi connectivity index (χ0) is 31.3. The van der Waals surface area contributed by atoms with Gasteiger partial charge < -0.3 is 24.8 Å². The van der Waals surface area contributed by atoms with Crippen molar-refractivity contribution in [2.45, 2.75) is 131 Å². The molecule has 0 unspecified atom stereocenters. The fourth-order valence-corrected chi connectivity index (χ4v) is 11.7. The van der Waals surface area contributed by atoms with Gasteiger partial charge in [-0.15, -0.1) is 0 Å². The van der Waals surface area contributed by atoms with E-state index >= 15 is 0 Å². The molecule has 5 rings (SSSR count). The van der Waals surface area contributed by atoms with E-state index in [2.05, 4.69) is 26.8 Å². The first-order chi connectivity index (χ1) is 19.3. The Bertz CT molecular complexity index is 1170. The van der Waals surface area contributed by atoms with Crippen molar-refractivity contribution in [1.29, 1.82) is 0 Å². The number of carboxylic acids is 1. The van der Waals surface area contributed by atoms with Gasteiger partial charge in [-0.2, -0.15) is 0 Å². The molecule has 0 radical (unpaired) electrons. The second-order valence-electron chi connectivity index (χ2n) is 16.0. The molecule has 5 fully saturated rings. The fraction of sp³-hybridized carbons (Fsp3) is 0.853. The van der Waals surface area contributed by atoms with E-state index < -0.39 is 58.6 Å². The summed E-state index contributed by atoms with van der Waals surface area (Å²) in [4.78, 5) is 38.3. The van der Waals surface area contributed by atoms with E-state index in [9.17, 15) is 29.7 Å². The van der Waals surface area contributed by atoms with E-state index in [1.54, 1.807) is 20.8 Å². The van der Waals surface area contributed by atoms with Gasteiger partial charge in [-0.1, -0.05) is 32.9 Å². The van der Waals surface area contributed by atoms with Gasteiger partial charge in [0.25, 0.3) is 0 Å². The minimum atomic E-state index is -1.54. The molecule has 0 aromatic rings. The number of hydrogen-bond acceptors (Lipinski definition) is 7. The number of aliphatic carboxylic acids is 1. The number of carboxylic acid groups (broad SMARTS) is 1. The maximum absolute atomic E-state index is 13.0. The number of rotatable bonds is 7. The van der Waals surface area contributed by atoms with Gasteiger partial charge in [0, 0.05) is 25.7 Å².